The average Bonchev–Trinajstić information content (AvgIpc) is 3.26. The summed E-state index contributed by atoms with van der Waals surface area (Å²) in [7, 11) is 2.00. The number of halogens is 3. The van der Waals surface area contributed by atoms with Gasteiger partial charge in [-0.1, -0.05) is 18.1 Å². The van der Waals surface area contributed by atoms with Gasteiger partial charge in [-0.2, -0.15) is 13.2 Å². The molecule has 3 heterocycles. The maximum Gasteiger partial charge on any atom is 0.416 e. The molecule has 0 aliphatic carbocycles. The Kier molecular flexibility index (Phi) is 7.71. The molecule has 0 unspecified atom stereocenters. The smallest absolute Gasteiger partial charge is 0.382 e. The Balaban J connectivity index is 1.37. The first-order valence-electron chi connectivity index (χ1n) is 13.1. The molecule has 41 heavy (non-hydrogen) atoms. The van der Waals surface area contributed by atoms with Gasteiger partial charge in [0.25, 0.3) is 5.91 Å². The van der Waals surface area contributed by atoms with Crippen LogP contribution in [0.3, 0.4) is 0 Å². The van der Waals surface area contributed by atoms with E-state index in [0.29, 0.717) is 41.5 Å². The highest BCUT2D eigenvalue weighted by Crippen LogP contribution is 2.35. The zero-order chi connectivity index (χ0) is 29.3. The highest BCUT2D eigenvalue weighted by atomic mass is 19.4. The lowest BCUT2D eigenvalue weighted by molar-refractivity contribution is -0.138. The normalized spacial score (nSPS) is 14.6. The first kappa shape index (κ1) is 28.1. The third-order valence-corrected chi connectivity index (χ3v) is 7.24. The minimum absolute atomic E-state index is 0.0700. The van der Waals surface area contributed by atoms with Gasteiger partial charge in [0.05, 0.1) is 5.56 Å². The summed E-state index contributed by atoms with van der Waals surface area (Å²) < 4.78 is 43.7. The Hall–Kier alpha value is -4.40. The van der Waals surface area contributed by atoms with E-state index in [-0.39, 0.29) is 23.4 Å². The van der Waals surface area contributed by atoms with Crippen molar-refractivity contribution in [2.45, 2.75) is 26.6 Å². The molecule has 11 heteroatoms. The fraction of sp³-hybridized carbons (Fsp3) is 0.300. The Morgan fingerprint density at radius 2 is 1.83 bits per heavy atom. The number of imidazole rings is 1. The lowest BCUT2D eigenvalue weighted by atomic mass is 10.0. The van der Waals surface area contributed by atoms with E-state index >= 15 is 0 Å². The van der Waals surface area contributed by atoms with Crippen LogP contribution >= 0.6 is 0 Å². The molecule has 0 spiro atoms. The standard InChI is InChI=1S/C30H30F3N7O/c1-19-4-5-22(16-21(19)7-9-26-27-28(34)35-10-11-40(27)20(2)36-26)29(41)37-24-8-6-23(25(17-24)30(31,32)33)18-39-14-12-38(3)13-15-39/h4-6,8,10-11,16-17H,12-15,18H2,1-3H3,(H2,34,35)(H,37,41). The fourth-order valence-corrected chi connectivity index (χ4v) is 4.83. The maximum absolute atomic E-state index is 14.0. The molecular formula is C30H30F3N7O. The first-order chi connectivity index (χ1) is 19.5. The molecule has 1 aliphatic heterocycles. The second-order valence-corrected chi connectivity index (χ2v) is 10.2. The van der Waals surface area contributed by atoms with E-state index in [2.05, 4.69) is 32.0 Å². The largest absolute Gasteiger partial charge is 0.416 e. The molecule has 1 aliphatic rings. The highest BCUT2D eigenvalue weighted by molar-refractivity contribution is 6.04. The summed E-state index contributed by atoms with van der Waals surface area (Å²) in [6.07, 6.45) is -1.22. The maximum atomic E-state index is 14.0. The SMILES string of the molecule is Cc1ccc(C(=O)Nc2ccc(CN3CCN(C)CC3)c(C(F)(F)F)c2)cc1C#Cc1nc(C)n2ccnc(N)c12. The van der Waals surface area contributed by atoms with E-state index in [9.17, 15) is 18.0 Å². The zero-order valence-electron chi connectivity index (χ0n) is 23.0. The van der Waals surface area contributed by atoms with Crippen LogP contribution in [0.1, 0.15) is 44.1 Å². The first-order valence-corrected chi connectivity index (χ1v) is 13.1. The zero-order valence-corrected chi connectivity index (χ0v) is 23.0. The van der Waals surface area contributed by atoms with Crippen molar-refractivity contribution in [2.24, 2.45) is 0 Å². The van der Waals surface area contributed by atoms with Crippen molar-refractivity contribution in [3.8, 4) is 11.8 Å². The van der Waals surface area contributed by atoms with Crippen LogP contribution in [0, 0.1) is 25.7 Å². The number of alkyl halides is 3. The fourth-order valence-electron chi connectivity index (χ4n) is 4.83. The number of aromatic nitrogens is 3. The number of nitrogens with two attached hydrogens (primary N) is 1. The number of fused-ring (bicyclic) bond motifs is 1. The van der Waals surface area contributed by atoms with Crippen LogP contribution in [-0.4, -0.2) is 63.3 Å². The number of carbonyl (C=O) groups is 1. The summed E-state index contributed by atoms with van der Waals surface area (Å²) in [4.78, 5) is 25.8. The molecule has 2 aromatic heterocycles. The van der Waals surface area contributed by atoms with Gasteiger partial charge in [0.1, 0.15) is 17.0 Å². The van der Waals surface area contributed by atoms with Gasteiger partial charge in [-0.25, -0.2) is 9.97 Å². The van der Waals surface area contributed by atoms with Crippen molar-refractivity contribution in [2.75, 3.05) is 44.3 Å². The van der Waals surface area contributed by atoms with E-state index < -0.39 is 17.6 Å². The molecule has 1 fully saturated rings. The molecule has 0 saturated carbocycles. The van der Waals surface area contributed by atoms with Crippen LogP contribution in [0.2, 0.25) is 0 Å². The third-order valence-electron chi connectivity index (χ3n) is 7.24. The number of aryl methyl sites for hydroxylation is 2. The predicted molar refractivity (Wildman–Crippen MR) is 151 cm³/mol. The molecule has 1 amide bonds. The molecule has 3 N–H and O–H groups in total. The summed E-state index contributed by atoms with van der Waals surface area (Å²) >= 11 is 0. The lowest BCUT2D eigenvalue weighted by Crippen LogP contribution is -2.44. The van der Waals surface area contributed by atoms with Gasteiger partial charge in [-0.15, -0.1) is 0 Å². The number of nitrogen functional groups attached to an aromatic ring is 1. The number of anilines is 2. The number of hydrogen-bond acceptors (Lipinski definition) is 6. The van der Waals surface area contributed by atoms with Crippen LogP contribution < -0.4 is 11.1 Å². The number of rotatable bonds is 4. The molecule has 8 nitrogen and oxygen atoms in total. The van der Waals surface area contributed by atoms with E-state index in [1.165, 1.54) is 12.1 Å². The van der Waals surface area contributed by atoms with Crippen LogP contribution in [0.4, 0.5) is 24.7 Å². The Morgan fingerprint density at radius 3 is 2.56 bits per heavy atom. The van der Waals surface area contributed by atoms with E-state index in [1.54, 1.807) is 35.0 Å². The molecular weight excluding hydrogens is 531 g/mol. The minimum atomic E-state index is -4.55. The Morgan fingerprint density at radius 1 is 1.07 bits per heavy atom. The van der Waals surface area contributed by atoms with Crippen LogP contribution in [0.5, 0.6) is 0 Å². The molecule has 1 saturated heterocycles. The molecule has 5 rings (SSSR count). The summed E-state index contributed by atoms with van der Waals surface area (Å²) in [6.45, 7) is 6.90. The second-order valence-electron chi connectivity index (χ2n) is 10.2. The predicted octanol–water partition coefficient (Wildman–Crippen LogP) is 4.35. The summed E-state index contributed by atoms with van der Waals surface area (Å²) in [5.74, 6) is 6.54. The summed E-state index contributed by atoms with van der Waals surface area (Å²) in [6, 6.07) is 8.92. The lowest BCUT2D eigenvalue weighted by Gasteiger charge is -2.33. The second kappa shape index (κ2) is 11.2. The molecule has 4 aromatic rings. The Bertz CT molecular complexity index is 1680. The van der Waals surface area contributed by atoms with Gasteiger partial charge in [0.15, 0.2) is 5.82 Å². The van der Waals surface area contributed by atoms with E-state index in [0.717, 1.165) is 24.7 Å². The summed E-state index contributed by atoms with van der Waals surface area (Å²) in [5, 5.41) is 2.61. The highest BCUT2D eigenvalue weighted by Gasteiger charge is 2.34. The molecule has 0 bridgehead atoms. The van der Waals surface area contributed by atoms with Gasteiger partial charge in [0.2, 0.25) is 0 Å². The number of likely N-dealkylation sites (N-methyl/N-ethyl adjacent to an activating group) is 1. The number of nitrogens with zero attached hydrogens (tertiary/aromatic N) is 5. The number of carbonyl (C=O) groups excluding carboxylic acids is 1. The van der Waals surface area contributed by atoms with Crippen LogP contribution in [-0.2, 0) is 12.7 Å². The topological polar surface area (TPSA) is 91.8 Å². The van der Waals surface area contributed by atoms with Crippen molar-refractivity contribution in [1.82, 2.24) is 24.2 Å². The number of hydrogen-bond donors (Lipinski definition) is 2. The van der Waals surface area contributed by atoms with Crippen molar-refractivity contribution in [3.63, 3.8) is 0 Å². The van der Waals surface area contributed by atoms with Crippen molar-refractivity contribution < 1.29 is 18.0 Å². The van der Waals surface area contributed by atoms with Gasteiger partial charge in [-0.3, -0.25) is 14.1 Å². The van der Waals surface area contributed by atoms with Crippen molar-refractivity contribution in [1.29, 1.82) is 0 Å². The molecule has 0 radical (unpaired) electrons. The number of benzene rings is 2. The Labute approximate surface area is 236 Å². The van der Waals surface area contributed by atoms with Crippen LogP contribution in [0.15, 0.2) is 48.8 Å². The van der Waals surface area contributed by atoms with E-state index in [4.69, 9.17) is 5.73 Å². The number of nitrogens with one attached hydrogen (secondary N) is 1. The van der Waals surface area contributed by atoms with Gasteiger partial charge in [-0.05, 0) is 62.2 Å². The summed E-state index contributed by atoms with van der Waals surface area (Å²) in [5.41, 5.74) is 8.27. The molecule has 0 atom stereocenters. The van der Waals surface area contributed by atoms with Gasteiger partial charge in [0, 0.05) is 61.9 Å². The van der Waals surface area contributed by atoms with Crippen molar-refractivity contribution >= 4 is 22.9 Å². The van der Waals surface area contributed by atoms with Gasteiger partial charge >= 0.3 is 6.18 Å². The quantitative estimate of drug-likeness (QED) is 0.360. The number of amides is 1. The average molecular weight is 562 g/mol. The molecule has 2 aromatic carbocycles. The number of piperazine rings is 1. The minimum Gasteiger partial charge on any atom is -0.382 e. The van der Waals surface area contributed by atoms with Crippen LogP contribution in [0.25, 0.3) is 5.52 Å². The van der Waals surface area contributed by atoms with E-state index in [1.807, 2.05) is 25.8 Å². The third kappa shape index (κ3) is 6.19. The molecule has 212 valence electrons. The van der Waals surface area contributed by atoms with Gasteiger partial charge < -0.3 is 16.0 Å². The monoisotopic (exact) mass is 561 g/mol. The van der Waals surface area contributed by atoms with Crippen molar-refractivity contribution in [3.05, 3.63) is 88.1 Å².